The third-order valence-electron chi connectivity index (χ3n) is 2.92. The lowest BCUT2D eigenvalue weighted by Crippen LogP contribution is -2.28. The van der Waals surface area contributed by atoms with Crippen LogP contribution in [0.2, 0.25) is 0 Å². The van der Waals surface area contributed by atoms with Gasteiger partial charge in [-0.1, -0.05) is 13.8 Å². The first kappa shape index (κ1) is 16.6. The van der Waals surface area contributed by atoms with Crippen molar-refractivity contribution in [2.45, 2.75) is 26.9 Å². The largest absolute Gasteiger partial charge is 0.312 e. The molecule has 0 aliphatic rings. The Balaban J connectivity index is 2.29. The van der Waals surface area contributed by atoms with Crippen LogP contribution in [0.5, 0.6) is 0 Å². The van der Waals surface area contributed by atoms with Gasteiger partial charge in [0.25, 0.3) is 0 Å². The van der Waals surface area contributed by atoms with Crippen molar-refractivity contribution in [1.29, 1.82) is 0 Å². The molecule has 1 aromatic rings. The SMILES string of the molecule is CC(C)CNCc1ccc(CN(C)CCN(C)C)s1. The van der Waals surface area contributed by atoms with Crippen LogP contribution in [0.1, 0.15) is 23.6 Å². The third-order valence-corrected chi connectivity index (χ3v) is 3.99. The number of rotatable bonds is 9. The van der Waals surface area contributed by atoms with Crippen molar-refractivity contribution < 1.29 is 0 Å². The van der Waals surface area contributed by atoms with Crippen LogP contribution < -0.4 is 5.32 Å². The van der Waals surface area contributed by atoms with E-state index in [9.17, 15) is 0 Å². The van der Waals surface area contributed by atoms with Gasteiger partial charge in [0.15, 0.2) is 0 Å². The van der Waals surface area contributed by atoms with Crippen LogP contribution in [-0.2, 0) is 13.1 Å². The van der Waals surface area contributed by atoms with E-state index in [1.54, 1.807) is 0 Å². The number of hydrogen-bond acceptors (Lipinski definition) is 4. The Bertz CT molecular complexity index is 347. The Hall–Kier alpha value is -0.420. The maximum absolute atomic E-state index is 3.50. The van der Waals surface area contributed by atoms with E-state index < -0.39 is 0 Å². The molecule has 4 heteroatoms. The minimum atomic E-state index is 0.719. The maximum atomic E-state index is 3.50. The van der Waals surface area contributed by atoms with E-state index in [-0.39, 0.29) is 0 Å². The molecule has 110 valence electrons. The summed E-state index contributed by atoms with van der Waals surface area (Å²) in [4.78, 5) is 7.52. The lowest BCUT2D eigenvalue weighted by Gasteiger charge is -2.18. The van der Waals surface area contributed by atoms with Crippen LogP contribution in [0.3, 0.4) is 0 Å². The zero-order valence-electron chi connectivity index (χ0n) is 13.1. The molecule has 0 fully saturated rings. The second-order valence-corrected chi connectivity index (χ2v) is 7.19. The van der Waals surface area contributed by atoms with Crippen molar-refractivity contribution in [1.82, 2.24) is 15.1 Å². The Kier molecular flexibility index (Phi) is 7.61. The molecule has 1 heterocycles. The monoisotopic (exact) mass is 283 g/mol. The highest BCUT2D eigenvalue weighted by Crippen LogP contribution is 2.17. The average molecular weight is 283 g/mol. The highest BCUT2D eigenvalue weighted by Gasteiger charge is 2.04. The van der Waals surface area contributed by atoms with Crippen LogP contribution in [0.25, 0.3) is 0 Å². The maximum Gasteiger partial charge on any atom is 0.0325 e. The second-order valence-electron chi connectivity index (χ2n) is 5.93. The summed E-state index contributed by atoms with van der Waals surface area (Å²) in [5.41, 5.74) is 0. The summed E-state index contributed by atoms with van der Waals surface area (Å²) in [7, 11) is 6.44. The molecular formula is C15H29N3S. The van der Waals surface area contributed by atoms with Gasteiger partial charge in [-0.15, -0.1) is 11.3 Å². The first-order chi connectivity index (χ1) is 8.97. The lowest BCUT2D eigenvalue weighted by atomic mass is 10.2. The van der Waals surface area contributed by atoms with Gasteiger partial charge < -0.3 is 15.1 Å². The van der Waals surface area contributed by atoms with Crippen molar-refractivity contribution in [3.8, 4) is 0 Å². The van der Waals surface area contributed by atoms with Crippen molar-refractivity contribution in [3.63, 3.8) is 0 Å². The van der Waals surface area contributed by atoms with Gasteiger partial charge in [-0.3, -0.25) is 0 Å². The Morgan fingerprint density at radius 2 is 1.79 bits per heavy atom. The molecule has 0 aliphatic heterocycles. The summed E-state index contributed by atoms with van der Waals surface area (Å²) in [6.07, 6.45) is 0. The Morgan fingerprint density at radius 3 is 2.42 bits per heavy atom. The molecule has 0 aromatic carbocycles. The van der Waals surface area contributed by atoms with Gasteiger partial charge in [-0.2, -0.15) is 0 Å². The first-order valence-electron chi connectivity index (χ1n) is 7.09. The summed E-state index contributed by atoms with van der Waals surface area (Å²) in [5, 5.41) is 3.50. The van der Waals surface area contributed by atoms with Crippen molar-refractivity contribution in [2.75, 3.05) is 40.8 Å². The summed E-state index contributed by atoms with van der Waals surface area (Å²) in [5.74, 6) is 0.719. The van der Waals surface area contributed by atoms with Crippen molar-refractivity contribution >= 4 is 11.3 Å². The van der Waals surface area contributed by atoms with Gasteiger partial charge in [0.1, 0.15) is 0 Å². The minimum absolute atomic E-state index is 0.719. The minimum Gasteiger partial charge on any atom is -0.312 e. The van der Waals surface area contributed by atoms with Crippen molar-refractivity contribution in [3.05, 3.63) is 21.9 Å². The fraction of sp³-hybridized carbons (Fsp3) is 0.733. The fourth-order valence-corrected chi connectivity index (χ4v) is 2.87. The molecule has 0 saturated heterocycles. The standard InChI is InChI=1S/C15H29N3S/c1-13(2)10-16-11-14-6-7-15(19-14)12-18(5)9-8-17(3)4/h6-7,13,16H,8-12H2,1-5H3. The van der Waals surface area contributed by atoms with E-state index in [1.165, 1.54) is 9.75 Å². The summed E-state index contributed by atoms with van der Waals surface area (Å²) in [6, 6.07) is 4.52. The lowest BCUT2D eigenvalue weighted by molar-refractivity contribution is 0.278. The number of nitrogens with zero attached hydrogens (tertiary/aromatic N) is 2. The van der Waals surface area contributed by atoms with E-state index in [0.717, 1.165) is 38.6 Å². The summed E-state index contributed by atoms with van der Waals surface area (Å²) < 4.78 is 0. The molecule has 1 aromatic heterocycles. The third kappa shape index (κ3) is 7.67. The number of thiophene rings is 1. The zero-order valence-corrected chi connectivity index (χ0v) is 13.9. The van der Waals surface area contributed by atoms with Gasteiger partial charge in [0.2, 0.25) is 0 Å². The first-order valence-corrected chi connectivity index (χ1v) is 7.90. The fourth-order valence-electron chi connectivity index (χ4n) is 1.80. The molecule has 19 heavy (non-hydrogen) atoms. The molecule has 0 spiro atoms. The second kappa shape index (κ2) is 8.69. The summed E-state index contributed by atoms with van der Waals surface area (Å²) >= 11 is 1.93. The predicted molar refractivity (Wildman–Crippen MR) is 85.8 cm³/mol. The normalized spacial score (nSPS) is 12.0. The van der Waals surface area contributed by atoms with Crippen LogP contribution in [0, 0.1) is 5.92 Å². The molecule has 0 aliphatic carbocycles. The molecule has 1 rings (SSSR count). The van der Waals surface area contributed by atoms with E-state index >= 15 is 0 Å². The molecule has 1 N–H and O–H groups in total. The number of likely N-dealkylation sites (N-methyl/N-ethyl adjacent to an activating group) is 2. The zero-order chi connectivity index (χ0) is 14.3. The van der Waals surface area contributed by atoms with Gasteiger partial charge in [-0.05, 0) is 45.7 Å². The van der Waals surface area contributed by atoms with Gasteiger partial charge >= 0.3 is 0 Å². The smallest absolute Gasteiger partial charge is 0.0325 e. The van der Waals surface area contributed by atoms with E-state index in [0.29, 0.717) is 0 Å². The van der Waals surface area contributed by atoms with Gasteiger partial charge in [0, 0.05) is 35.9 Å². The van der Waals surface area contributed by atoms with Gasteiger partial charge in [-0.25, -0.2) is 0 Å². The van der Waals surface area contributed by atoms with E-state index in [2.05, 4.69) is 62.2 Å². The summed E-state index contributed by atoms with van der Waals surface area (Å²) in [6.45, 7) is 9.87. The number of hydrogen-bond donors (Lipinski definition) is 1. The number of nitrogens with one attached hydrogen (secondary N) is 1. The molecule has 0 atom stereocenters. The molecule has 0 saturated carbocycles. The molecule has 0 unspecified atom stereocenters. The van der Waals surface area contributed by atoms with Crippen LogP contribution in [0.15, 0.2) is 12.1 Å². The quantitative estimate of drug-likeness (QED) is 0.751. The van der Waals surface area contributed by atoms with E-state index in [4.69, 9.17) is 0 Å². The highest BCUT2D eigenvalue weighted by atomic mass is 32.1. The Morgan fingerprint density at radius 1 is 1.11 bits per heavy atom. The predicted octanol–water partition coefficient (Wildman–Crippen LogP) is 2.49. The van der Waals surface area contributed by atoms with E-state index in [1.807, 2.05) is 11.3 Å². The average Bonchev–Trinajstić information content (AvgIpc) is 2.73. The van der Waals surface area contributed by atoms with Crippen LogP contribution >= 0.6 is 11.3 Å². The molecule has 0 radical (unpaired) electrons. The molecule has 0 amide bonds. The Labute approximate surface area is 122 Å². The van der Waals surface area contributed by atoms with Crippen molar-refractivity contribution in [2.24, 2.45) is 5.92 Å². The van der Waals surface area contributed by atoms with Crippen LogP contribution in [0.4, 0.5) is 0 Å². The highest BCUT2D eigenvalue weighted by molar-refractivity contribution is 7.11. The molecular weight excluding hydrogens is 254 g/mol. The topological polar surface area (TPSA) is 18.5 Å². The van der Waals surface area contributed by atoms with Gasteiger partial charge in [0.05, 0.1) is 0 Å². The van der Waals surface area contributed by atoms with Crippen LogP contribution in [-0.4, -0.2) is 50.6 Å². The molecule has 3 nitrogen and oxygen atoms in total. The molecule has 0 bridgehead atoms.